The standard InChI is InChI=1S/C21H28FN3O2S/c1-14(2)18-17(12-13-21(3,4)5)19(15-8-10-16(22)11-9-15)24-20(23-18)25(6)28(7,26)27/h8-14H,1-7H3/b13-12+. The highest BCUT2D eigenvalue weighted by atomic mass is 32.2. The highest BCUT2D eigenvalue weighted by Gasteiger charge is 2.22. The van der Waals surface area contributed by atoms with Gasteiger partial charge in [0, 0.05) is 18.2 Å². The van der Waals surface area contributed by atoms with Crippen LogP contribution in [0.1, 0.15) is 51.8 Å². The third-order valence-electron chi connectivity index (χ3n) is 4.16. The number of rotatable bonds is 5. The van der Waals surface area contributed by atoms with Gasteiger partial charge in [0.15, 0.2) is 0 Å². The number of hydrogen-bond donors (Lipinski definition) is 0. The second kappa shape index (κ2) is 7.99. The molecule has 0 saturated carbocycles. The lowest BCUT2D eigenvalue weighted by atomic mass is 9.92. The molecule has 0 aliphatic heterocycles. The summed E-state index contributed by atoms with van der Waals surface area (Å²) in [6.45, 7) is 10.2. The van der Waals surface area contributed by atoms with E-state index >= 15 is 0 Å². The van der Waals surface area contributed by atoms with Gasteiger partial charge in [0.25, 0.3) is 0 Å². The second-order valence-electron chi connectivity index (χ2n) is 8.26. The quantitative estimate of drug-likeness (QED) is 0.712. The fraction of sp³-hybridized carbons (Fsp3) is 0.429. The first-order valence-corrected chi connectivity index (χ1v) is 11.0. The van der Waals surface area contributed by atoms with Gasteiger partial charge >= 0.3 is 0 Å². The minimum atomic E-state index is -3.52. The maximum Gasteiger partial charge on any atom is 0.239 e. The van der Waals surface area contributed by atoms with Crippen LogP contribution < -0.4 is 4.31 Å². The zero-order chi connectivity index (χ0) is 21.3. The Morgan fingerprint density at radius 3 is 2.14 bits per heavy atom. The molecule has 2 rings (SSSR count). The molecule has 1 heterocycles. The van der Waals surface area contributed by atoms with Crippen molar-refractivity contribution in [2.45, 2.75) is 40.5 Å². The van der Waals surface area contributed by atoms with Crippen LogP contribution in [0.3, 0.4) is 0 Å². The molecule has 152 valence electrons. The summed E-state index contributed by atoms with van der Waals surface area (Å²) in [5.74, 6) is -0.214. The van der Waals surface area contributed by atoms with E-state index in [1.54, 1.807) is 12.1 Å². The summed E-state index contributed by atoms with van der Waals surface area (Å²) in [5, 5.41) is 0. The summed E-state index contributed by atoms with van der Waals surface area (Å²) in [7, 11) is -2.10. The summed E-state index contributed by atoms with van der Waals surface area (Å²) in [6, 6.07) is 6.01. The smallest absolute Gasteiger partial charge is 0.239 e. The van der Waals surface area contributed by atoms with Gasteiger partial charge in [-0.25, -0.2) is 27.1 Å². The maximum absolute atomic E-state index is 13.4. The molecule has 0 N–H and O–H groups in total. The lowest BCUT2D eigenvalue weighted by Gasteiger charge is -2.21. The van der Waals surface area contributed by atoms with Gasteiger partial charge in [0.05, 0.1) is 17.6 Å². The highest BCUT2D eigenvalue weighted by Crippen LogP contribution is 2.32. The summed E-state index contributed by atoms with van der Waals surface area (Å²) in [4.78, 5) is 9.10. The average molecular weight is 406 g/mol. The first kappa shape index (κ1) is 22.0. The van der Waals surface area contributed by atoms with Gasteiger partial charge in [-0.05, 0) is 35.6 Å². The van der Waals surface area contributed by atoms with Crippen LogP contribution in [-0.4, -0.2) is 31.7 Å². The Morgan fingerprint density at radius 2 is 1.68 bits per heavy atom. The van der Waals surface area contributed by atoms with Crippen molar-refractivity contribution >= 4 is 22.0 Å². The Bertz CT molecular complexity index is 976. The van der Waals surface area contributed by atoms with E-state index in [1.807, 2.05) is 19.9 Å². The Balaban J connectivity index is 2.84. The molecule has 7 heteroatoms. The zero-order valence-electron chi connectivity index (χ0n) is 17.5. The van der Waals surface area contributed by atoms with Gasteiger partial charge in [0.1, 0.15) is 5.82 Å². The lowest BCUT2D eigenvalue weighted by molar-refractivity contribution is 0.547. The number of nitrogens with zero attached hydrogens (tertiary/aromatic N) is 3. The molecule has 0 fully saturated rings. The number of anilines is 1. The van der Waals surface area contributed by atoms with Crippen molar-refractivity contribution in [1.82, 2.24) is 9.97 Å². The molecule has 28 heavy (non-hydrogen) atoms. The van der Waals surface area contributed by atoms with E-state index in [9.17, 15) is 12.8 Å². The molecule has 0 saturated heterocycles. The van der Waals surface area contributed by atoms with Crippen molar-refractivity contribution in [3.05, 3.63) is 47.4 Å². The predicted molar refractivity (Wildman–Crippen MR) is 113 cm³/mol. The zero-order valence-corrected chi connectivity index (χ0v) is 18.3. The van der Waals surface area contributed by atoms with Gasteiger partial charge < -0.3 is 0 Å². The van der Waals surface area contributed by atoms with Crippen molar-refractivity contribution in [3.8, 4) is 11.3 Å². The molecule has 5 nitrogen and oxygen atoms in total. The van der Waals surface area contributed by atoms with Crippen LogP contribution in [0.15, 0.2) is 30.3 Å². The Kier molecular flexibility index (Phi) is 6.28. The van der Waals surface area contributed by atoms with E-state index in [1.165, 1.54) is 19.2 Å². The van der Waals surface area contributed by atoms with Gasteiger partial charge in [-0.3, -0.25) is 0 Å². The van der Waals surface area contributed by atoms with Crippen molar-refractivity contribution in [2.24, 2.45) is 5.41 Å². The Labute approximate surface area is 167 Å². The highest BCUT2D eigenvalue weighted by molar-refractivity contribution is 7.92. The van der Waals surface area contributed by atoms with E-state index in [2.05, 4.69) is 36.8 Å². The first-order valence-electron chi connectivity index (χ1n) is 9.10. The predicted octanol–water partition coefficient (Wildman–Crippen LogP) is 4.86. The molecule has 0 aliphatic carbocycles. The monoisotopic (exact) mass is 405 g/mol. The van der Waals surface area contributed by atoms with E-state index in [4.69, 9.17) is 0 Å². The SMILES string of the molecule is CC(C)c1nc(N(C)S(C)(=O)=O)nc(-c2ccc(F)cc2)c1/C=C/C(C)(C)C. The van der Waals surface area contributed by atoms with Crippen molar-refractivity contribution in [2.75, 3.05) is 17.6 Å². The number of benzene rings is 1. The Hall–Kier alpha value is -2.28. The number of allylic oxidation sites excluding steroid dienone is 1. The molecule has 0 aliphatic rings. The molecule has 0 amide bonds. The van der Waals surface area contributed by atoms with Gasteiger partial charge in [-0.1, -0.05) is 46.8 Å². The summed E-state index contributed by atoms with van der Waals surface area (Å²) in [5.41, 5.74) is 2.76. The fourth-order valence-electron chi connectivity index (χ4n) is 2.53. The fourth-order valence-corrected chi connectivity index (χ4v) is 2.91. The van der Waals surface area contributed by atoms with Gasteiger partial charge in [-0.2, -0.15) is 0 Å². The first-order chi connectivity index (χ1) is 12.8. The van der Waals surface area contributed by atoms with Crippen molar-refractivity contribution in [1.29, 1.82) is 0 Å². The van der Waals surface area contributed by atoms with Crippen LogP contribution in [0.2, 0.25) is 0 Å². The van der Waals surface area contributed by atoms with Crippen molar-refractivity contribution in [3.63, 3.8) is 0 Å². The molecular weight excluding hydrogens is 377 g/mol. The third kappa shape index (κ3) is 5.38. The molecule has 0 spiro atoms. The molecule has 0 unspecified atom stereocenters. The topological polar surface area (TPSA) is 63.2 Å². The Morgan fingerprint density at radius 1 is 1.11 bits per heavy atom. The largest absolute Gasteiger partial charge is 0.241 e. The van der Waals surface area contributed by atoms with E-state index in [0.717, 1.165) is 21.8 Å². The minimum absolute atomic E-state index is 0.0357. The van der Waals surface area contributed by atoms with E-state index in [0.29, 0.717) is 11.3 Å². The van der Waals surface area contributed by atoms with Crippen molar-refractivity contribution < 1.29 is 12.8 Å². The van der Waals surface area contributed by atoms with Gasteiger partial charge in [-0.15, -0.1) is 0 Å². The molecule has 0 radical (unpaired) electrons. The van der Waals surface area contributed by atoms with Crippen LogP contribution in [0.4, 0.5) is 10.3 Å². The van der Waals surface area contributed by atoms with E-state index < -0.39 is 10.0 Å². The molecule has 0 atom stereocenters. The maximum atomic E-state index is 13.4. The lowest BCUT2D eigenvalue weighted by Crippen LogP contribution is -2.27. The molecule has 2 aromatic rings. The number of sulfonamides is 1. The van der Waals surface area contributed by atoms with Crippen LogP contribution in [-0.2, 0) is 10.0 Å². The number of halogens is 1. The molecule has 1 aromatic heterocycles. The van der Waals surface area contributed by atoms with Gasteiger partial charge in [0.2, 0.25) is 16.0 Å². The summed E-state index contributed by atoms with van der Waals surface area (Å²) >= 11 is 0. The third-order valence-corrected chi connectivity index (χ3v) is 5.32. The second-order valence-corrected chi connectivity index (χ2v) is 10.3. The van der Waals surface area contributed by atoms with E-state index in [-0.39, 0.29) is 23.1 Å². The van der Waals surface area contributed by atoms with Crippen LogP contribution in [0, 0.1) is 11.2 Å². The minimum Gasteiger partial charge on any atom is -0.241 e. The number of aromatic nitrogens is 2. The molecule has 1 aromatic carbocycles. The summed E-state index contributed by atoms with van der Waals surface area (Å²) < 4.78 is 38.6. The average Bonchev–Trinajstić information content (AvgIpc) is 2.57. The number of hydrogen-bond acceptors (Lipinski definition) is 4. The van der Waals surface area contributed by atoms with Crippen LogP contribution >= 0.6 is 0 Å². The molecule has 0 bridgehead atoms. The normalized spacial score (nSPS) is 12.8. The van der Waals surface area contributed by atoms with Crippen LogP contribution in [0.25, 0.3) is 17.3 Å². The summed E-state index contributed by atoms with van der Waals surface area (Å²) in [6.07, 6.45) is 5.14. The molecular formula is C21H28FN3O2S. The van der Waals surface area contributed by atoms with Crippen LogP contribution in [0.5, 0.6) is 0 Å².